The standard InChI is InChI=1S/C20H28N6O2/c1-11(2)22-20(28)26-9-5-6-15(26)17-16-13(19(27)21-3)10-14(12-7-8-12)23-18(16)25(4)24-17/h10-12,15H,5-9H2,1-4H3,(H,21,27)(H,22,28). The molecular formula is C20H28N6O2. The van der Waals surface area contributed by atoms with Crippen molar-refractivity contribution in [2.75, 3.05) is 13.6 Å². The Morgan fingerprint density at radius 3 is 2.64 bits per heavy atom. The van der Waals surface area contributed by atoms with Gasteiger partial charge in [-0.15, -0.1) is 0 Å². The molecule has 0 aromatic carbocycles. The summed E-state index contributed by atoms with van der Waals surface area (Å²) >= 11 is 0. The van der Waals surface area contributed by atoms with Crippen molar-refractivity contribution in [3.8, 4) is 0 Å². The number of likely N-dealkylation sites (tertiary alicyclic amines) is 1. The van der Waals surface area contributed by atoms with Crippen molar-refractivity contribution in [2.24, 2.45) is 7.05 Å². The Morgan fingerprint density at radius 2 is 2.00 bits per heavy atom. The van der Waals surface area contributed by atoms with E-state index in [9.17, 15) is 9.59 Å². The Balaban J connectivity index is 1.83. The number of hydrogen-bond acceptors (Lipinski definition) is 4. The molecule has 28 heavy (non-hydrogen) atoms. The molecule has 4 rings (SSSR count). The highest BCUT2D eigenvalue weighted by molar-refractivity contribution is 6.06. The summed E-state index contributed by atoms with van der Waals surface area (Å²) in [5, 5.41) is 11.2. The third kappa shape index (κ3) is 3.21. The van der Waals surface area contributed by atoms with E-state index in [0.29, 0.717) is 23.7 Å². The van der Waals surface area contributed by atoms with E-state index in [1.165, 1.54) is 0 Å². The number of nitrogens with zero attached hydrogens (tertiary/aromatic N) is 4. The predicted octanol–water partition coefficient (Wildman–Crippen LogP) is 2.46. The Labute approximate surface area is 164 Å². The molecule has 8 nitrogen and oxygen atoms in total. The van der Waals surface area contributed by atoms with Gasteiger partial charge in [0.25, 0.3) is 5.91 Å². The second kappa shape index (κ2) is 7.07. The number of amides is 3. The summed E-state index contributed by atoms with van der Waals surface area (Å²) in [5.41, 5.74) is 3.05. The number of hydrogen-bond donors (Lipinski definition) is 2. The molecule has 2 fully saturated rings. The molecule has 0 radical (unpaired) electrons. The molecule has 2 aromatic rings. The Bertz CT molecular complexity index is 930. The first-order chi connectivity index (χ1) is 13.4. The molecule has 2 aliphatic rings. The van der Waals surface area contributed by atoms with Crippen molar-refractivity contribution in [1.82, 2.24) is 30.3 Å². The van der Waals surface area contributed by atoms with Gasteiger partial charge in [-0.2, -0.15) is 5.10 Å². The van der Waals surface area contributed by atoms with Gasteiger partial charge in [0, 0.05) is 38.3 Å². The number of fused-ring (bicyclic) bond motifs is 1. The lowest BCUT2D eigenvalue weighted by Crippen LogP contribution is -2.42. The van der Waals surface area contributed by atoms with Crippen molar-refractivity contribution < 1.29 is 9.59 Å². The fourth-order valence-electron chi connectivity index (χ4n) is 4.06. The van der Waals surface area contributed by atoms with Crippen LogP contribution >= 0.6 is 0 Å². The van der Waals surface area contributed by atoms with E-state index in [0.717, 1.165) is 42.5 Å². The first-order valence-electron chi connectivity index (χ1n) is 10.1. The van der Waals surface area contributed by atoms with Crippen LogP contribution in [0.15, 0.2) is 6.07 Å². The van der Waals surface area contributed by atoms with Crippen LogP contribution in [0.3, 0.4) is 0 Å². The molecule has 1 saturated heterocycles. The highest BCUT2D eigenvalue weighted by Crippen LogP contribution is 2.42. The summed E-state index contributed by atoms with van der Waals surface area (Å²) in [6.07, 6.45) is 3.97. The van der Waals surface area contributed by atoms with Gasteiger partial charge < -0.3 is 15.5 Å². The molecule has 0 bridgehead atoms. The Morgan fingerprint density at radius 1 is 1.25 bits per heavy atom. The molecule has 1 aliphatic heterocycles. The molecule has 1 atom stereocenters. The minimum absolute atomic E-state index is 0.0680. The number of pyridine rings is 1. The Kier molecular flexibility index (Phi) is 4.72. The predicted molar refractivity (Wildman–Crippen MR) is 106 cm³/mol. The van der Waals surface area contributed by atoms with Gasteiger partial charge in [0.1, 0.15) is 0 Å². The largest absolute Gasteiger partial charge is 0.355 e. The molecule has 0 spiro atoms. The molecule has 2 N–H and O–H groups in total. The van der Waals surface area contributed by atoms with Crippen LogP contribution in [0.25, 0.3) is 11.0 Å². The quantitative estimate of drug-likeness (QED) is 0.847. The second-order valence-corrected chi connectivity index (χ2v) is 8.11. The van der Waals surface area contributed by atoms with Crippen molar-refractivity contribution in [3.05, 3.63) is 23.0 Å². The first-order valence-corrected chi connectivity index (χ1v) is 10.1. The van der Waals surface area contributed by atoms with Crippen LogP contribution in [0.2, 0.25) is 0 Å². The van der Waals surface area contributed by atoms with Gasteiger partial charge in [-0.05, 0) is 45.6 Å². The van der Waals surface area contributed by atoms with Gasteiger partial charge in [-0.25, -0.2) is 9.78 Å². The topological polar surface area (TPSA) is 92.2 Å². The summed E-state index contributed by atoms with van der Waals surface area (Å²) in [4.78, 5) is 32.0. The van der Waals surface area contributed by atoms with Crippen LogP contribution in [-0.2, 0) is 7.05 Å². The molecule has 3 amide bonds. The van der Waals surface area contributed by atoms with Gasteiger partial charge in [0.2, 0.25) is 0 Å². The number of aromatic nitrogens is 3. The Hall–Kier alpha value is -2.64. The number of aryl methyl sites for hydroxylation is 1. The number of carbonyl (C=O) groups excluding carboxylic acids is 2. The fourth-order valence-corrected chi connectivity index (χ4v) is 4.06. The zero-order valence-electron chi connectivity index (χ0n) is 17.0. The minimum atomic E-state index is -0.153. The van der Waals surface area contributed by atoms with Gasteiger partial charge >= 0.3 is 6.03 Å². The number of nitrogens with one attached hydrogen (secondary N) is 2. The van der Waals surface area contributed by atoms with Crippen molar-refractivity contribution in [3.63, 3.8) is 0 Å². The highest BCUT2D eigenvalue weighted by atomic mass is 16.2. The average Bonchev–Trinajstić information content (AvgIpc) is 3.30. The van der Waals surface area contributed by atoms with Crippen molar-refractivity contribution in [1.29, 1.82) is 0 Å². The van der Waals surface area contributed by atoms with Crippen LogP contribution in [-0.4, -0.2) is 51.2 Å². The van der Waals surface area contributed by atoms with E-state index in [1.807, 2.05) is 31.9 Å². The molecule has 150 valence electrons. The zero-order chi connectivity index (χ0) is 20.0. The van der Waals surface area contributed by atoms with Crippen LogP contribution in [0.4, 0.5) is 4.79 Å². The molecule has 2 aromatic heterocycles. The van der Waals surface area contributed by atoms with Crippen molar-refractivity contribution >= 4 is 23.0 Å². The normalized spacial score (nSPS) is 19.5. The maximum Gasteiger partial charge on any atom is 0.318 e. The van der Waals surface area contributed by atoms with Crippen LogP contribution in [0.1, 0.15) is 73.2 Å². The highest BCUT2D eigenvalue weighted by Gasteiger charge is 2.36. The number of urea groups is 1. The summed E-state index contributed by atoms with van der Waals surface area (Å²) in [5.74, 6) is 0.297. The minimum Gasteiger partial charge on any atom is -0.355 e. The van der Waals surface area contributed by atoms with E-state index in [4.69, 9.17) is 10.1 Å². The maximum atomic E-state index is 12.7. The van der Waals surface area contributed by atoms with E-state index in [2.05, 4.69) is 10.6 Å². The fraction of sp³-hybridized carbons (Fsp3) is 0.600. The average molecular weight is 384 g/mol. The maximum absolute atomic E-state index is 12.7. The third-order valence-electron chi connectivity index (χ3n) is 5.55. The zero-order valence-corrected chi connectivity index (χ0v) is 17.0. The summed E-state index contributed by atoms with van der Waals surface area (Å²) in [6.45, 7) is 4.59. The van der Waals surface area contributed by atoms with Crippen molar-refractivity contribution in [2.45, 2.75) is 57.5 Å². The van der Waals surface area contributed by atoms with Gasteiger partial charge in [0.05, 0.1) is 22.7 Å². The summed E-state index contributed by atoms with van der Waals surface area (Å²) in [7, 11) is 3.50. The van der Waals surface area contributed by atoms with E-state index in [1.54, 1.807) is 11.7 Å². The number of rotatable bonds is 4. The lowest BCUT2D eigenvalue weighted by Gasteiger charge is -2.25. The first kappa shape index (κ1) is 18.7. The third-order valence-corrected chi connectivity index (χ3v) is 5.55. The van der Waals surface area contributed by atoms with Gasteiger partial charge in [-0.1, -0.05) is 0 Å². The molecule has 1 saturated carbocycles. The molecule has 8 heteroatoms. The smallest absolute Gasteiger partial charge is 0.318 e. The van der Waals surface area contributed by atoms with E-state index in [-0.39, 0.29) is 24.0 Å². The van der Waals surface area contributed by atoms with Crippen LogP contribution < -0.4 is 10.6 Å². The van der Waals surface area contributed by atoms with E-state index >= 15 is 0 Å². The SMILES string of the molecule is CNC(=O)c1cc(C2CC2)nc2c1c(C1CCCN1C(=O)NC(C)C)nn2C. The van der Waals surface area contributed by atoms with Gasteiger partial charge in [0.15, 0.2) is 5.65 Å². The molecule has 3 heterocycles. The monoisotopic (exact) mass is 384 g/mol. The van der Waals surface area contributed by atoms with E-state index < -0.39 is 0 Å². The second-order valence-electron chi connectivity index (χ2n) is 8.11. The molecule has 1 unspecified atom stereocenters. The molecule has 1 aliphatic carbocycles. The van der Waals surface area contributed by atoms with Crippen LogP contribution in [0, 0.1) is 0 Å². The van der Waals surface area contributed by atoms with Crippen LogP contribution in [0.5, 0.6) is 0 Å². The lowest BCUT2D eigenvalue weighted by molar-refractivity contribution is 0.0964. The summed E-state index contributed by atoms with van der Waals surface area (Å²) < 4.78 is 1.75. The van der Waals surface area contributed by atoms with Gasteiger partial charge in [-0.3, -0.25) is 9.48 Å². The lowest BCUT2D eigenvalue weighted by atomic mass is 10.0. The summed E-state index contributed by atoms with van der Waals surface area (Å²) in [6, 6.07) is 1.75. The number of carbonyl (C=O) groups is 2. The molecular weight excluding hydrogens is 356 g/mol.